The van der Waals surface area contributed by atoms with Crippen molar-refractivity contribution in [2.45, 2.75) is 13.8 Å². The van der Waals surface area contributed by atoms with Gasteiger partial charge in [0.25, 0.3) is 11.8 Å². The Balaban J connectivity index is 1.28. The number of aromatic nitrogens is 2. The number of rotatable bonds is 5. The van der Waals surface area contributed by atoms with Crippen molar-refractivity contribution in [2.75, 3.05) is 32.8 Å². The highest BCUT2D eigenvalue weighted by molar-refractivity contribution is 7.12. The number of esters is 1. The predicted molar refractivity (Wildman–Crippen MR) is 125 cm³/mol. The average molecular weight is 487 g/mol. The van der Waals surface area contributed by atoms with Crippen molar-refractivity contribution < 1.29 is 19.1 Å². The molecule has 33 heavy (non-hydrogen) atoms. The highest BCUT2D eigenvalue weighted by Crippen LogP contribution is 2.22. The molecule has 0 spiro atoms. The van der Waals surface area contributed by atoms with E-state index in [1.54, 1.807) is 44.8 Å². The van der Waals surface area contributed by atoms with Gasteiger partial charge in [-0.3, -0.25) is 9.59 Å². The minimum Gasteiger partial charge on any atom is -0.452 e. The van der Waals surface area contributed by atoms with Crippen LogP contribution in [-0.2, 0) is 9.53 Å². The highest BCUT2D eigenvalue weighted by Gasteiger charge is 2.26. The van der Waals surface area contributed by atoms with Gasteiger partial charge in [0.15, 0.2) is 6.61 Å². The van der Waals surface area contributed by atoms with Crippen LogP contribution in [0.5, 0.6) is 0 Å². The molecular formula is C23H23ClN4O4S. The number of piperazine rings is 1. The van der Waals surface area contributed by atoms with Crippen LogP contribution in [0.4, 0.5) is 0 Å². The van der Waals surface area contributed by atoms with Crippen LogP contribution in [0.15, 0.2) is 41.8 Å². The number of hydrogen-bond acceptors (Lipinski definition) is 6. The minimum atomic E-state index is -0.576. The molecule has 1 aliphatic heterocycles. The van der Waals surface area contributed by atoms with Gasteiger partial charge in [-0.25, -0.2) is 9.48 Å². The Morgan fingerprint density at radius 1 is 1.03 bits per heavy atom. The Labute approximate surface area is 200 Å². The van der Waals surface area contributed by atoms with Gasteiger partial charge >= 0.3 is 5.97 Å². The maximum absolute atomic E-state index is 12.5. The minimum absolute atomic E-state index is 0.0188. The van der Waals surface area contributed by atoms with Gasteiger partial charge in [-0.1, -0.05) is 17.7 Å². The summed E-state index contributed by atoms with van der Waals surface area (Å²) in [6, 6.07) is 10.4. The molecule has 0 radical (unpaired) electrons. The van der Waals surface area contributed by atoms with Crippen LogP contribution in [0.1, 0.15) is 31.4 Å². The summed E-state index contributed by atoms with van der Waals surface area (Å²) < 4.78 is 6.92. The molecule has 1 aromatic carbocycles. The molecule has 1 saturated heterocycles. The lowest BCUT2D eigenvalue weighted by molar-refractivity contribution is -0.136. The Hall–Kier alpha value is -3.17. The van der Waals surface area contributed by atoms with E-state index >= 15 is 0 Å². The number of amides is 2. The molecule has 10 heteroatoms. The van der Waals surface area contributed by atoms with E-state index in [1.165, 1.54) is 11.3 Å². The number of aryl methyl sites for hydroxylation is 1. The van der Waals surface area contributed by atoms with E-state index in [4.69, 9.17) is 16.3 Å². The zero-order valence-corrected chi connectivity index (χ0v) is 19.9. The van der Waals surface area contributed by atoms with Crippen LogP contribution in [0.25, 0.3) is 5.69 Å². The van der Waals surface area contributed by atoms with Crippen LogP contribution in [-0.4, -0.2) is 70.1 Å². The number of carbonyl (C=O) groups excluding carboxylic acids is 3. The van der Waals surface area contributed by atoms with Crippen molar-refractivity contribution in [3.05, 3.63) is 68.6 Å². The topological polar surface area (TPSA) is 84.7 Å². The van der Waals surface area contributed by atoms with E-state index in [2.05, 4.69) is 5.10 Å². The quantitative estimate of drug-likeness (QED) is 0.516. The predicted octanol–water partition coefficient (Wildman–Crippen LogP) is 3.35. The van der Waals surface area contributed by atoms with E-state index in [9.17, 15) is 14.4 Å². The third kappa shape index (κ3) is 4.94. The summed E-state index contributed by atoms with van der Waals surface area (Å²) in [4.78, 5) is 41.3. The van der Waals surface area contributed by atoms with Crippen molar-refractivity contribution in [3.63, 3.8) is 0 Å². The van der Waals surface area contributed by atoms with Gasteiger partial charge in [-0.15, -0.1) is 11.3 Å². The van der Waals surface area contributed by atoms with Crippen LogP contribution >= 0.6 is 22.9 Å². The third-order valence-corrected chi connectivity index (χ3v) is 6.93. The summed E-state index contributed by atoms with van der Waals surface area (Å²) in [5.74, 6) is -0.872. The average Bonchev–Trinajstić information content (AvgIpc) is 3.47. The molecule has 1 aliphatic rings. The second-order valence-electron chi connectivity index (χ2n) is 7.67. The van der Waals surface area contributed by atoms with Gasteiger partial charge in [0, 0.05) is 26.2 Å². The lowest BCUT2D eigenvalue weighted by atomic mass is 10.2. The summed E-state index contributed by atoms with van der Waals surface area (Å²) in [5.41, 5.74) is 2.65. The third-order valence-electron chi connectivity index (χ3n) is 5.53. The number of halogens is 1. The molecule has 1 fully saturated rings. The number of carbonyl (C=O) groups is 3. The monoisotopic (exact) mass is 486 g/mol. The second kappa shape index (κ2) is 9.76. The number of thiophene rings is 1. The zero-order chi connectivity index (χ0) is 23.5. The molecule has 3 heterocycles. The lowest BCUT2D eigenvalue weighted by Crippen LogP contribution is -2.51. The maximum atomic E-state index is 12.5. The van der Waals surface area contributed by atoms with Gasteiger partial charge in [0.1, 0.15) is 0 Å². The lowest BCUT2D eigenvalue weighted by Gasteiger charge is -2.34. The van der Waals surface area contributed by atoms with Gasteiger partial charge in [-0.05, 0) is 49.6 Å². The summed E-state index contributed by atoms with van der Waals surface area (Å²) in [5, 5.41) is 6.86. The number of benzene rings is 1. The first kappa shape index (κ1) is 23.0. The number of nitrogens with zero attached hydrogens (tertiary/aromatic N) is 4. The normalized spacial score (nSPS) is 13.8. The molecule has 0 saturated carbocycles. The molecule has 0 N–H and O–H groups in total. The van der Waals surface area contributed by atoms with Crippen LogP contribution < -0.4 is 0 Å². The molecule has 0 unspecified atom stereocenters. The molecule has 4 rings (SSSR count). The van der Waals surface area contributed by atoms with E-state index in [1.807, 2.05) is 25.3 Å². The van der Waals surface area contributed by atoms with E-state index in [0.29, 0.717) is 41.6 Å². The first-order valence-electron chi connectivity index (χ1n) is 10.4. The molecule has 3 aromatic rings. The Morgan fingerprint density at radius 2 is 1.70 bits per heavy atom. The molecular weight excluding hydrogens is 464 g/mol. The molecule has 2 aromatic heterocycles. The molecule has 172 valence electrons. The highest BCUT2D eigenvalue weighted by atomic mass is 35.5. The SMILES string of the molecule is Cc1nn(-c2ccc(C(=O)OCC(=O)N3CCN(C(=O)c4cccs4)CC3)cc2)c(C)c1Cl. The van der Waals surface area contributed by atoms with Crippen LogP contribution in [0, 0.1) is 13.8 Å². The molecule has 2 amide bonds. The molecule has 0 atom stereocenters. The first-order valence-corrected chi connectivity index (χ1v) is 11.7. The molecule has 0 bridgehead atoms. The van der Waals surface area contributed by atoms with Gasteiger partial charge in [-0.2, -0.15) is 5.10 Å². The summed E-state index contributed by atoms with van der Waals surface area (Å²) >= 11 is 7.60. The van der Waals surface area contributed by atoms with E-state index < -0.39 is 5.97 Å². The van der Waals surface area contributed by atoms with Crippen molar-refractivity contribution in [2.24, 2.45) is 0 Å². The second-order valence-corrected chi connectivity index (χ2v) is 9.00. The fraction of sp³-hybridized carbons (Fsp3) is 0.304. The summed E-state index contributed by atoms with van der Waals surface area (Å²) in [6.45, 7) is 5.08. The van der Waals surface area contributed by atoms with Crippen molar-refractivity contribution in [3.8, 4) is 5.69 Å². The van der Waals surface area contributed by atoms with E-state index in [-0.39, 0.29) is 18.4 Å². The van der Waals surface area contributed by atoms with Crippen LogP contribution in [0.3, 0.4) is 0 Å². The van der Waals surface area contributed by atoms with Crippen molar-refractivity contribution in [1.82, 2.24) is 19.6 Å². The fourth-order valence-electron chi connectivity index (χ4n) is 3.63. The van der Waals surface area contributed by atoms with Gasteiger partial charge in [0.05, 0.1) is 32.5 Å². The molecule has 8 nitrogen and oxygen atoms in total. The van der Waals surface area contributed by atoms with Gasteiger partial charge in [0.2, 0.25) is 0 Å². The van der Waals surface area contributed by atoms with Crippen molar-refractivity contribution in [1.29, 1.82) is 0 Å². The largest absolute Gasteiger partial charge is 0.452 e. The Bertz CT molecular complexity index is 1170. The van der Waals surface area contributed by atoms with E-state index in [0.717, 1.165) is 17.1 Å². The summed E-state index contributed by atoms with van der Waals surface area (Å²) in [7, 11) is 0. The Morgan fingerprint density at radius 3 is 2.27 bits per heavy atom. The summed E-state index contributed by atoms with van der Waals surface area (Å²) in [6.07, 6.45) is 0. The van der Waals surface area contributed by atoms with Gasteiger partial charge < -0.3 is 14.5 Å². The zero-order valence-electron chi connectivity index (χ0n) is 18.3. The number of ether oxygens (including phenoxy) is 1. The maximum Gasteiger partial charge on any atom is 0.338 e. The van der Waals surface area contributed by atoms with Crippen LogP contribution in [0.2, 0.25) is 5.02 Å². The number of hydrogen-bond donors (Lipinski definition) is 0. The Kier molecular flexibility index (Phi) is 6.80. The fourth-order valence-corrected chi connectivity index (χ4v) is 4.44. The smallest absolute Gasteiger partial charge is 0.338 e. The molecule has 0 aliphatic carbocycles. The van der Waals surface area contributed by atoms with Crippen molar-refractivity contribution >= 4 is 40.7 Å². The first-order chi connectivity index (χ1) is 15.8. The standard InChI is InChI=1S/C23H23ClN4O4S/c1-15-21(24)16(2)28(25-15)18-7-5-17(6-8-18)23(31)32-14-20(29)26-9-11-27(12-10-26)22(30)19-4-3-13-33-19/h3-8,13H,9-12,14H2,1-2H3.